The van der Waals surface area contributed by atoms with E-state index in [9.17, 15) is 0 Å². The average Bonchev–Trinajstić information content (AvgIpc) is 1.99. The summed E-state index contributed by atoms with van der Waals surface area (Å²) >= 11 is 10.6. The van der Waals surface area contributed by atoms with Crippen LogP contribution in [0, 0.1) is 6.92 Å². The topological polar surface area (TPSA) is 0 Å². The Kier molecular flexibility index (Phi) is 3.80. The van der Waals surface area contributed by atoms with E-state index in [1.54, 1.807) is 0 Å². The predicted molar refractivity (Wildman–Crippen MR) is 63.9 cm³/mol. The third-order valence-electron chi connectivity index (χ3n) is 1.76. The Bertz CT molecular complexity index is 269. The number of alkyl halides is 1. The van der Waals surface area contributed by atoms with Crippen LogP contribution >= 0.6 is 47.8 Å². The Balaban J connectivity index is 3.21. The zero-order valence-corrected chi connectivity index (χ0v) is 11.6. The zero-order chi connectivity index (χ0) is 9.30. The van der Waals surface area contributed by atoms with Gasteiger partial charge in [-0.05, 0) is 37.1 Å². The van der Waals surface area contributed by atoms with Gasteiger partial charge >= 0.3 is 0 Å². The van der Waals surface area contributed by atoms with Gasteiger partial charge in [-0.1, -0.05) is 47.8 Å². The minimum absolute atomic E-state index is 0.394. The van der Waals surface area contributed by atoms with Gasteiger partial charge in [-0.15, -0.1) is 0 Å². The van der Waals surface area contributed by atoms with Crippen molar-refractivity contribution >= 4 is 47.8 Å². The van der Waals surface area contributed by atoms with Gasteiger partial charge in [-0.2, -0.15) is 0 Å². The Hall–Kier alpha value is 0.660. The van der Waals surface area contributed by atoms with E-state index in [-0.39, 0.29) is 0 Å². The molecule has 0 aliphatic carbocycles. The Morgan fingerprint density at radius 1 is 1.17 bits per heavy atom. The Morgan fingerprint density at radius 3 is 1.92 bits per heavy atom. The average molecular weight is 357 g/mol. The van der Waals surface area contributed by atoms with Crippen LogP contribution in [-0.4, -0.2) is 0 Å². The van der Waals surface area contributed by atoms with Gasteiger partial charge in [0.25, 0.3) is 0 Å². The molecule has 0 radical (unpaired) electrons. The van der Waals surface area contributed by atoms with Crippen molar-refractivity contribution in [3.8, 4) is 0 Å². The van der Waals surface area contributed by atoms with Crippen LogP contribution in [0.2, 0.25) is 0 Å². The molecule has 0 aliphatic heterocycles. The molecule has 0 aromatic heterocycles. The van der Waals surface area contributed by atoms with Gasteiger partial charge < -0.3 is 0 Å². The molecule has 0 N–H and O–H groups in total. The van der Waals surface area contributed by atoms with Crippen molar-refractivity contribution in [2.45, 2.75) is 18.7 Å². The summed E-state index contributed by atoms with van der Waals surface area (Å²) in [6.45, 7) is 4.19. The number of hydrogen-bond acceptors (Lipinski definition) is 0. The fraction of sp³-hybridized carbons (Fsp3) is 0.333. The summed E-state index contributed by atoms with van der Waals surface area (Å²) < 4.78 is 2.30. The molecule has 1 rings (SSSR count). The van der Waals surface area contributed by atoms with Gasteiger partial charge in [0.2, 0.25) is 0 Å². The van der Waals surface area contributed by atoms with E-state index < -0.39 is 0 Å². The van der Waals surface area contributed by atoms with Crippen molar-refractivity contribution in [2.24, 2.45) is 0 Å². The molecule has 12 heavy (non-hydrogen) atoms. The van der Waals surface area contributed by atoms with Gasteiger partial charge in [0.1, 0.15) is 0 Å². The monoisotopic (exact) mass is 354 g/mol. The van der Waals surface area contributed by atoms with Gasteiger partial charge in [0.15, 0.2) is 0 Å². The van der Waals surface area contributed by atoms with Crippen LogP contribution in [0.25, 0.3) is 0 Å². The van der Waals surface area contributed by atoms with Gasteiger partial charge in [0.05, 0.1) is 0 Å². The first-order valence-corrected chi connectivity index (χ1v) is 6.12. The fourth-order valence-electron chi connectivity index (χ4n) is 0.895. The van der Waals surface area contributed by atoms with Crippen molar-refractivity contribution in [2.75, 3.05) is 0 Å². The lowest BCUT2D eigenvalue weighted by Crippen LogP contribution is -1.87. The maximum atomic E-state index is 3.53. The van der Waals surface area contributed by atoms with E-state index in [2.05, 4.69) is 73.8 Å². The summed E-state index contributed by atoms with van der Waals surface area (Å²) in [4.78, 5) is 0.394. The van der Waals surface area contributed by atoms with Crippen LogP contribution in [0.5, 0.6) is 0 Å². The molecule has 0 heterocycles. The molecule has 0 bridgehead atoms. The lowest BCUT2D eigenvalue weighted by atomic mass is 10.1. The minimum atomic E-state index is 0.394. The minimum Gasteiger partial charge on any atom is -0.0842 e. The summed E-state index contributed by atoms with van der Waals surface area (Å²) in [5.41, 5.74) is 2.52. The lowest BCUT2D eigenvalue weighted by molar-refractivity contribution is 1.11. The third-order valence-corrected chi connectivity index (χ3v) is 3.94. The van der Waals surface area contributed by atoms with Gasteiger partial charge in [-0.25, -0.2) is 0 Å². The molecule has 0 saturated carbocycles. The highest BCUT2D eigenvalue weighted by Crippen LogP contribution is 2.31. The third kappa shape index (κ3) is 2.33. The highest BCUT2D eigenvalue weighted by molar-refractivity contribution is 9.11. The largest absolute Gasteiger partial charge is 0.0842 e. The van der Waals surface area contributed by atoms with E-state index in [1.165, 1.54) is 11.1 Å². The van der Waals surface area contributed by atoms with E-state index in [0.29, 0.717) is 4.83 Å². The zero-order valence-electron chi connectivity index (χ0n) is 6.87. The first-order chi connectivity index (χ1) is 5.52. The van der Waals surface area contributed by atoms with Crippen molar-refractivity contribution in [1.29, 1.82) is 0 Å². The van der Waals surface area contributed by atoms with E-state index >= 15 is 0 Å². The second kappa shape index (κ2) is 4.25. The maximum Gasteiger partial charge on any atom is 0.0367 e. The maximum absolute atomic E-state index is 3.53. The van der Waals surface area contributed by atoms with Crippen molar-refractivity contribution < 1.29 is 0 Å². The molecule has 1 aromatic rings. The molecule has 66 valence electrons. The lowest BCUT2D eigenvalue weighted by Gasteiger charge is -2.08. The number of hydrogen-bond donors (Lipinski definition) is 0. The van der Waals surface area contributed by atoms with Crippen LogP contribution in [0.4, 0.5) is 0 Å². The Morgan fingerprint density at radius 2 is 1.58 bits per heavy atom. The molecular formula is C9H9Br3. The van der Waals surface area contributed by atoms with Crippen molar-refractivity contribution in [3.63, 3.8) is 0 Å². The molecule has 0 amide bonds. The summed E-state index contributed by atoms with van der Waals surface area (Å²) in [6, 6.07) is 4.28. The molecule has 0 nitrogen and oxygen atoms in total. The van der Waals surface area contributed by atoms with Crippen LogP contribution in [0.1, 0.15) is 22.9 Å². The molecule has 1 aromatic carbocycles. The standard InChI is InChI=1S/C9H9Br3/c1-5-8(11)3-7(6(2)10)4-9(5)12/h3-4,6H,1-2H3. The highest BCUT2D eigenvalue weighted by Gasteiger charge is 2.06. The molecule has 0 saturated heterocycles. The van der Waals surface area contributed by atoms with Crippen LogP contribution in [0.15, 0.2) is 21.1 Å². The molecule has 0 aliphatic rings. The second-order valence-electron chi connectivity index (χ2n) is 2.73. The van der Waals surface area contributed by atoms with E-state index in [1.807, 2.05) is 0 Å². The SMILES string of the molecule is Cc1c(Br)cc(C(C)Br)cc1Br. The van der Waals surface area contributed by atoms with Crippen LogP contribution < -0.4 is 0 Å². The molecule has 0 fully saturated rings. The van der Waals surface area contributed by atoms with E-state index in [0.717, 1.165) is 8.95 Å². The van der Waals surface area contributed by atoms with Gasteiger partial charge in [-0.3, -0.25) is 0 Å². The predicted octanol–water partition coefficient (Wildman–Crippen LogP) is 4.98. The number of benzene rings is 1. The smallest absolute Gasteiger partial charge is 0.0367 e. The van der Waals surface area contributed by atoms with Crippen LogP contribution in [0.3, 0.4) is 0 Å². The molecule has 1 unspecified atom stereocenters. The summed E-state index contributed by atoms with van der Waals surface area (Å²) in [5.74, 6) is 0. The summed E-state index contributed by atoms with van der Waals surface area (Å²) in [7, 11) is 0. The first-order valence-electron chi connectivity index (χ1n) is 3.62. The fourth-order valence-corrected chi connectivity index (χ4v) is 2.38. The van der Waals surface area contributed by atoms with Crippen molar-refractivity contribution in [1.82, 2.24) is 0 Å². The van der Waals surface area contributed by atoms with Crippen LogP contribution in [-0.2, 0) is 0 Å². The molecule has 0 spiro atoms. The normalized spacial score (nSPS) is 13.1. The summed E-state index contributed by atoms with van der Waals surface area (Å²) in [6.07, 6.45) is 0. The number of halogens is 3. The van der Waals surface area contributed by atoms with Gasteiger partial charge in [0, 0.05) is 13.8 Å². The molecule has 3 heteroatoms. The second-order valence-corrected chi connectivity index (χ2v) is 5.81. The number of rotatable bonds is 1. The van der Waals surface area contributed by atoms with E-state index in [4.69, 9.17) is 0 Å². The molecular weight excluding hydrogens is 348 g/mol. The Labute approximate surface area is 98.1 Å². The quantitative estimate of drug-likeness (QED) is 0.623. The first kappa shape index (κ1) is 10.7. The molecule has 1 atom stereocenters. The summed E-state index contributed by atoms with van der Waals surface area (Å²) in [5, 5.41) is 0. The van der Waals surface area contributed by atoms with Crippen molar-refractivity contribution in [3.05, 3.63) is 32.2 Å². The highest BCUT2D eigenvalue weighted by atomic mass is 79.9.